The monoisotopic (exact) mass is 416 g/mol. The van der Waals surface area contributed by atoms with Crippen molar-refractivity contribution in [2.24, 2.45) is 10.8 Å². The van der Waals surface area contributed by atoms with Crippen LogP contribution in [0.15, 0.2) is 0 Å². The Balaban J connectivity index is 1.08. The molecule has 0 aromatic carbocycles. The molecule has 172 valence electrons. The summed E-state index contributed by atoms with van der Waals surface area (Å²) >= 11 is 0. The van der Waals surface area contributed by atoms with Crippen LogP contribution >= 0.6 is 0 Å². The van der Waals surface area contributed by atoms with Crippen LogP contribution in [0.2, 0.25) is 0 Å². The van der Waals surface area contributed by atoms with Gasteiger partial charge in [-0.25, -0.2) is 0 Å². The third-order valence-corrected chi connectivity index (χ3v) is 9.94. The molecule has 0 bridgehead atoms. The van der Waals surface area contributed by atoms with E-state index < -0.39 is 0 Å². The number of hydrogen-bond acceptors (Lipinski definition) is 4. The maximum Gasteiger partial charge on any atom is 0.0154 e. The topological polar surface area (TPSA) is 13.0 Å². The predicted molar refractivity (Wildman–Crippen MR) is 126 cm³/mol. The maximum absolute atomic E-state index is 2.82. The minimum Gasteiger partial charge on any atom is -0.306 e. The van der Waals surface area contributed by atoms with E-state index in [0.717, 1.165) is 6.04 Å². The molecule has 0 aromatic heterocycles. The van der Waals surface area contributed by atoms with Crippen molar-refractivity contribution in [3.63, 3.8) is 0 Å². The number of likely N-dealkylation sites (tertiary alicyclic amines) is 4. The van der Waals surface area contributed by atoms with Gasteiger partial charge in [0.05, 0.1) is 0 Å². The third kappa shape index (κ3) is 4.11. The molecule has 5 aliphatic rings. The van der Waals surface area contributed by atoms with E-state index in [4.69, 9.17) is 0 Å². The molecule has 4 saturated heterocycles. The highest BCUT2D eigenvalue weighted by atomic mass is 15.3. The Bertz CT molecular complexity index is 615. The first-order valence-corrected chi connectivity index (χ1v) is 13.0. The quantitative estimate of drug-likeness (QED) is 0.651. The normalized spacial score (nSPS) is 31.1. The van der Waals surface area contributed by atoms with Crippen molar-refractivity contribution < 1.29 is 0 Å². The fourth-order valence-electron chi connectivity index (χ4n) is 7.14. The van der Waals surface area contributed by atoms with Gasteiger partial charge in [0.25, 0.3) is 0 Å². The van der Waals surface area contributed by atoms with Gasteiger partial charge in [-0.1, -0.05) is 0 Å². The van der Waals surface area contributed by atoms with Crippen molar-refractivity contribution in [2.75, 3.05) is 59.4 Å². The molecule has 0 unspecified atom stereocenters. The average Bonchev–Trinajstić information content (AvgIpc) is 3.48. The molecule has 1 saturated carbocycles. The number of rotatable bonds is 6. The zero-order valence-corrected chi connectivity index (χ0v) is 20.7. The third-order valence-electron chi connectivity index (χ3n) is 9.94. The van der Waals surface area contributed by atoms with Gasteiger partial charge in [0.2, 0.25) is 0 Å². The molecule has 5 fully saturated rings. The Morgan fingerprint density at radius 3 is 1.73 bits per heavy atom. The highest BCUT2D eigenvalue weighted by molar-refractivity contribution is 5.06. The Hall–Kier alpha value is -0.160. The van der Waals surface area contributed by atoms with Crippen molar-refractivity contribution in [2.45, 2.75) is 96.2 Å². The van der Waals surface area contributed by atoms with E-state index in [1.165, 1.54) is 104 Å². The highest BCUT2D eigenvalue weighted by Gasteiger charge is 2.52. The molecule has 2 spiro atoms. The first-order chi connectivity index (χ1) is 14.1. The summed E-state index contributed by atoms with van der Waals surface area (Å²) in [6, 6.07) is 0.965. The van der Waals surface area contributed by atoms with Crippen molar-refractivity contribution in [3.05, 3.63) is 0 Å². The lowest BCUT2D eigenvalue weighted by Crippen LogP contribution is -2.68. The molecule has 1 aliphatic carbocycles. The largest absolute Gasteiger partial charge is 0.306 e. The van der Waals surface area contributed by atoms with Crippen LogP contribution in [0.3, 0.4) is 0 Å². The highest BCUT2D eigenvalue weighted by Crippen LogP contribution is 2.47. The molecule has 0 amide bonds. The lowest BCUT2D eigenvalue weighted by Gasteiger charge is -2.61. The van der Waals surface area contributed by atoms with E-state index in [-0.39, 0.29) is 0 Å². The van der Waals surface area contributed by atoms with Crippen LogP contribution in [-0.2, 0) is 0 Å². The van der Waals surface area contributed by atoms with Gasteiger partial charge >= 0.3 is 0 Å². The molecule has 4 heteroatoms. The predicted octanol–water partition coefficient (Wildman–Crippen LogP) is 3.91. The van der Waals surface area contributed by atoms with Crippen LogP contribution in [-0.4, -0.2) is 96.1 Å². The first kappa shape index (κ1) is 21.7. The van der Waals surface area contributed by atoms with E-state index in [1.54, 1.807) is 0 Å². The smallest absolute Gasteiger partial charge is 0.0154 e. The van der Waals surface area contributed by atoms with Crippen molar-refractivity contribution >= 4 is 0 Å². The average molecular weight is 417 g/mol. The standard InChI is InChI=1S/C26H48N4/c1-23(2,29-18-25(19-29)12-15-28(16-13-25)22-7-8-22)10-11-24(3,4)30-20-26(21-30)9-6-14-27(5)17-26/h22H,6-21H2,1-5H3. The van der Waals surface area contributed by atoms with Gasteiger partial charge in [-0.05, 0) is 111 Å². The summed E-state index contributed by atoms with van der Waals surface area (Å²) in [6.07, 6.45) is 11.3. The molecule has 0 N–H and O–H groups in total. The molecule has 0 atom stereocenters. The zero-order chi connectivity index (χ0) is 21.2. The number of nitrogens with zero attached hydrogens (tertiary/aromatic N) is 4. The van der Waals surface area contributed by atoms with E-state index in [9.17, 15) is 0 Å². The molecular weight excluding hydrogens is 368 g/mol. The van der Waals surface area contributed by atoms with Gasteiger partial charge < -0.3 is 9.80 Å². The van der Waals surface area contributed by atoms with Gasteiger partial charge in [-0.15, -0.1) is 0 Å². The lowest BCUT2D eigenvalue weighted by molar-refractivity contribution is -0.116. The SMILES string of the molecule is CN1CCCC2(C1)CN(C(C)(C)CCC(C)(C)N1CC3(CCN(C4CC4)CC3)C1)C2. The zero-order valence-electron chi connectivity index (χ0n) is 20.7. The fraction of sp³-hybridized carbons (Fsp3) is 1.00. The Morgan fingerprint density at radius 2 is 1.23 bits per heavy atom. The van der Waals surface area contributed by atoms with E-state index in [2.05, 4.69) is 54.3 Å². The summed E-state index contributed by atoms with van der Waals surface area (Å²) < 4.78 is 0. The summed E-state index contributed by atoms with van der Waals surface area (Å²) in [5, 5.41) is 0. The molecule has 30 heavy (non-hydrogen) atoms. The molecule has 5 rings (SSSR count). The number of hydrogen-bond donors (Lipinski definition) is 0. The molecule has 0 aromatic rings. The molecule has 4 heterocycles. The van der Waals surface area contributed by atoms with Gasteiger partial charge in [0.1, 0.15) is 0 Å². The summed E-state index contributed by atoms with van der Waals surface area (Å²) in [5.74, 6) is 0. The van der Waals surface area contributed by atoms with Crippen molar-refractivity contribution in [1.29, 1.82) is 0 Å². The van der Waals surface area contributed by atoms with Crippen LogP contribution in [0.25, 0.3) is 0 Å². The Kier molecular flexibility index (Phi) is 5.37. The van der Waals surface area contributed by atoms with E-state index >= 15 is 0 Å². The number of piperidine rings is 2. The molecule has 4 nitrogen and oxygen atoms in total. The van der Waals surface area contributed by atoms with E-state index in [0.29, 0.717) is 21.9 Å². The van der Waals surface area contributed by atoms with Crippen molar-refractivity contribution in [3.8, 4) is 0 Å². The second-order valence-electron chi connectivity index (χ2n) is 13.4. The first-order valence-electron chi connectivity index (χ1n) is 13.0. The van der Waals surface area contributed by atoms with Gasteiger partial charge in [0.15, 0.2) is 0 Å². The Labute approximate surface area is 186 Å². The van der Waals surface area contributed by atoms with Crippen LogP contribution in [0.5, 0.6) is 0 Å². The minimum atomic E-state index is 0.344. The van der Waals surface area contributed by atoms with Crippen LogP contribution in [0.4, 0.5) is 0 Å². The minimum absolute atomic E-state index is 0.344. The van der Waals surface area contributed by atoms with Crippen molar-refractivity contribution in [1.82, 2.24) is 19.6 Å². The maximum atomic E-state index is 2.82. The summed E-state index contributed by atoms with van der Waals surface area (Å²) in [4.78, 5) is 11.0. The van der Waals surface area contributed by atoms with E-state index in [1.807, 2.05) is 0 Å². The van der Waals surface area contributed by atoms with Crippen LogP contribution in [0, 0.1) is 10.8 Å². The molecule has 4 aliphatic heterocycles. The second-order valence-corrected chi connectivity index (χ2v) is 13.4. The van der Waals surface area contributed by atoms with Gasteiger partial charge in [0, 0.05) is 55.3 Å². The van der Waals surface area contributed by atoms with Crippen LogP contribution < -0.4 is 0 Å². The van der Waals surface area contributed by atoms with Gasteiger partial charge in [-0.3, -0.25) is 9.80 Å². The van der Waals surface area contributed by atoms with Gasteiger partial charge in [-0.2, -0.15) is 0 Å². The summed E-state index contributed by atoms with van der Waals surface area (Å²) in [6.45, 7) is 20.8. The summed E-state index contributed by atoms with van der Waals surface area (Å²) in [5.41, 5.74) is 1.97. The summed E-state index contributed by atoms with van der Waals surface area (Å²) in [7, 11) is 2.31. The van der Waals surface area contributed by atoms with Crippen LogP contribution in [0.1, 0.15) is 79.1 Å². The molecular formula is C26H48N4. The molecule has 0 radical (unpaired) electrons. The fourth-order valence-corrected chi connectivity index (χ4v) is 7.14. The second kappa shape index (κ2) is 7.43. The lowest BCUT2D eigenvalue weighted by atomic mass is 9.68. The Morgan fingerprint density at radius 1 is 0.700 bits per heavy atom.